The van der Waals surface area contributed by atoms with Gasteiger partial charge in [-0.25, -0.2) is 5.01 Å². The van der Waals surface area contributed by atoms with Crippen LogP contribution in [0.3, 0.4) is 0 Å². The summed E-state index contributed by atoms with van der Waals surface area (Å²) >= 11 is 0. The van der Waals surface area contributed by atoms with Gasteiger partial charge >= 0.3 is 0 Å². The number of hydrogen-bond donors (Lipinski definition) is 1. The predicted molar refractivity (Wildman–Crippen MR) is 48.2 cm³/mol. The highest BCUT2D eigenvalue weighted by Gasteiger charge is 2.31. The molecular formula is C9H20N2. The van der Waals surface area contributed by atoms with Crippen LogP contribution in [-0.4, -0.2) is 25.1 Å². The molecule has 0 aliphatic carbocycles. The highest BCUT2D eigenvalue weighted by atomic mass is 15.5. The lowest BCUT2D eigenvalue weighted by atomic mass is 9.75. The van der Waals surface area contributed by atoms with Gasteiger partial charge in [0.25, 0.3) is 0 Å². The molecule has 1 heterocycles. The van der Waals surface area contributed by atoms with Gasteiger partial charge in [0.05, 0.1) is 0 Å². The number of hydrazine groups is 1. The Labute approximate surface area is 69.9 Å². The molecule has 1 N–H and O–H groups in total. The van der Waals surface area contributed by atoms with E-state index in [1.807, 2.05) is 0 Å². The van der Waals surface area contributed by atoms with Crippen LogP contribution in [0.5, 0.6) is 0 Å². The van der Waals surface area contributed by atoms with Crippen molar-refractivity contribution in [1.82, 2.24) is 10.4 Å². The van der Waals surface area contributed by atoms with Gasteiger partial charge in [0.1, 0.15) is 0 Å². The van der Waals surface area contributed by atoms with Crippen molar-refractivity contribution >= 4 is 0 Å². The summed E-state index contributed by atoms with van der Waals surface area (Å²) in [6.45, 7) is 9.30. The third kappa shape index (κ3) is 1.94. The van der Waals surface area contributed by atoms with E-state index in [-0.39, 0.29) is 0 Å². The first-order valence-corrected chi connectivity index (χ1v) is 4.49. The summed E-state index contributed by atoms with van der Waals surface area (Å²) in [4.78, 5) is 0. The molecule has 1 aliphatic heterocycles. The summed E-state index contributed by atoms with van der Waals surface area (Å²) in [5, 5.41) is 2.18. The zero-order valence-electron chi connectivity index (χ0n) is 8.15. The highest BCUT2D eigenvalue weighted by molar-refractivity contribution is 4.83. The second-order valence-corrected chi connectivity index (χ2v) is 4.32. The molecule has 2 nitrogen and oxygen atoms in total. The van der Waals surface area contributed by atoms with Crippen molar-refractivity contribution in [3.05, 3.63) is 0 Å². The molecule has 0 spiro atoms. The summed E-state index contributed by atoms with van der Waals surface area (Å²) in [5.41, 5.74) is 3.89. The number of rotatable bonds is 1. The van der Waals surface area contributed by atoms with Gasteiger partial charge in [-0.2, -0.15) is 0 Å². The van der Waals surface area contributed by atoms with Crippen LogP contribution < -0.4 is 5.43 Å². The normalized spacial score (nSPS) is 34.6. The fraction of sp³-hybridized carbons (Fsp3) is 1.00. The molecule has 11 heavy (non-hydrogen) atoms. The number of nitrogens with one attached hydrogen (secondary N) is 1. The van der Waals surface area contributed by atoms with Crippen LogP contribution in [0, 0.1) is 11.3 Å². The Morgan fingerprint density at radius 3 is 2.45 bits per heavy atom. The second-order valence-electron chi connectivity index (χ2n) is 4.32. The quantitative estimate of drug-likeness (QED) is 0.619. The molecule has 66 valence electrons. The third-order valence-electron chi connectivity index (χ3n) is 3.16. The van der Waals surface area contributed by atoms with E-state index in [1.165, 1.54) is 13.0 Å². The molecule has 1 rings (SSSR count). The lowest BCUT2D eigenvalue weighted by Crippen LogP contribution is -2.50. The van der Waals surface area contributed by atoms with Crippen LogP contribution in [0.4, 0.5) is 0 Å². The van der Waals surface area contributed by atoms with Gasteiger partial charge in [-0.05, 0) is 17.8 Å². The zero-order valence-corrected chi connectivity index (χ0v) is 8.15. The fourth-order valence-electron chi connectivity index (χ4n) is 1.40. The lowest BCUT2D eigenvalue weighted by molar-refractivity contribution is 0.0608. The Morgan fingerprint density at radius 2 is 2.09 bits per heavy atom. The van der Waals surface area contributed by atoms with Gasteiger partial charge in [0.15, 0.2) is 0 Å². The maximum atomic E-state index is 3.39. The largest absolute Gasteiger partial charge is 0.255 e. The maximum absolute atomic E-state index is 3.39. The molecular weight excluding hydrogens is 136 g/mol. The number of nitrogens with zero attached hydrogens (tertiary/aromatic N) is 1. The summed E-state index contributed by atoms with van der Waals surface area (Å²) in [6, 6.07) is 0. The Kier molecular flexibility index (Phi) is 2.55. The molecule has 1 atom stereocenters. The van der Waals surface area contributed by atoms with Gasteiger partial charge in [-0.1, -0.05) is 20.8 Å². The minimum atomic E-state index is 0.506. The van der Waals surface area contributed by atoms with Gasteiger partial charge < -0.3 is 0 Å². The van der Waals surface area contributed by atoms with E-state index in [0.717, 1.165) is 12.5 Å². The molecule has 1 aliphatic rings. The predicted octanol–water partition coefficient (Wildman–Crippen LogP) is 1.49. The van der Waals surface area contributed by atoms with E-state index >= 15 is 0 Å². The minimum absolute atomic E-state index is 0.506. The van der Waals surface area contributed by atoms with Gasteiger partial charge in [-0.3, -0.25) is 5.43 Å². The van der Waals surface area contributed by atoms with Crippen molar-refractivity contribution in [2.75, 3.05) is 20.1 Å². The standard InChI is InChI=1S/C9H20N2/c1-8(2)9(3)5-6-11(4)10-7-9/h8,10H,5-7H2,1-4H3. The molecule has 0 aromatic rings. The molecule has 0 aromatic heterocycles. The van der Waals surface area contributed by atoms with E-state index in [4.69, 9.17) is 0 Å². The van der Waals surface area contributed by atoms with Crippen molar-refractivity contribution < 1.29 is 0 Å². The topological polar surface area (TPSA) is 15.3 Å². The molecule has 0 amide bonds. The lowest BCUT2D eigenvalue weighted by Gasteiger charge is -2.41. The van der Waals surface area contributed by atoms with Crippen LogP contribution in [-0.2, 0) is 0 Å². The first-order chi connectivity index (χ1) is 5.04. The molecule has 1 fully saturated rings. The van der Waals surface area contributed by atoms with Crippen LogP contribution >= 0.6 is 0 Å². The maximum Gasteiger partial charge on any atom is 0.0159 e. The summed E-state index contributed by atoms with van der Waals surface area (Å²) in [5.74, 6) is 0.781. The molecule has 0 saturated carbocycles. The Bertz CT molecular complexity index is 124. The Balaban J connectivity index is 2.48. The average Bonchev–Trinajstić information content (AvgIpc) is 1.95. The van der Waals surface area contributed by atoms with E-state index in [1.54, 1.807) is 0 Å². The second kappa shape index (κ2) is 3.11. The number of hydrogen-bond acceptors (Lipinski definition) is 2. The van der Waals surface area contributed by atoms with Crippen LogP contribution in [0.25, 0.3) is 0 Å². The van der Waals surface area contributed by atoms with Crippen LogP contribution in [0.2, 0.25) is 0 Å². The van der Waals surface area contributed by atoms with E-state index in [0.29, 0.717) is 5.41 Å². The zero-order chi connectivity index (χ0) is 8.48. The molecule has 0 radical (unpaired) electrons. The molecule has 2 heteroatoms. The SMILES string of the molecule is CC(C)C1(C)CCN(C)NC1. The Morgan fingerprint density at radius 1 is 1.45 bits per heavy atom. The summed E-state index contributed by atoms with van der Waals surface area (Å²) in [6.07, 6.45) is 1.31. The minimum Gasteiger partial charge on any atom is -0.255 e. The fourth-order valence-corrected chi connectivity index (χ4v) is 1.40. The van der Waals surface area contributed by atoms with Gasteiger partial charge in [0.2, 0.25) is 0 Å². The van der Waals surface area contributed by atoms with Crippen molar-refractivity contribution in [2.24, 2.45) is 11.3 Å². The molecule has 1 saturated heterocycles. The third-order valence-corrected chi connectivity index (χ3v) is 3.16. The van der Waals surface area contributed by atoms with Crippen molar-refractivity contribution in [1.29, 1.82) is 0 Å². The smallest absolute Gasteiger partial charge is 0.0159 e. The van der Waals surface area contributed by atoms with Gasteiger partial charge in [0, 0.05) is 20.1 Å². The summed E-state index contributed by atoms with van der Waals surface area (Å²) in [7, 11) is 2.11. The summed E-state index contributed by atoms with van der Waals surface area (Å²) < 4.78 is 0. The molecule has 1 unspecified atom stereocenters. The van der Waals surface area contributed by atoms with Crippen LogP contribution in [0.15, 0.2) is 0 Å². The van der Waals surface area contributed by atoms with E-state index < -0.39 is 0 Å². The van der Waals surface area contributed by atoms with Crippen LogP contribution in [0.1, 0.15) is 27.2 Å². The van der Waals surface area contributed by atoms with Crippen molar-refractivity contribution in [3.8, 4) is 0 Å². The monoisotopic (exact) mass is 156 g/mol. The molecule has 0 aromatic carbocycles. The Hall–Kier alpha value is -0.0800. The van der Waals surface area contributed by atoms with E-state index in [9.17, 15) is 0 Å². The van der Waals surface area contributed by atoms with E-state index in [2.05, 4.69) is 38.3 Å². The molecule has 0 bridgehead atoms. The average molecular weight is 156 g/mol. The van der Waals surface area contributed by atoms with Crippen molar-refractivity contribution in [2.45, 2.75) is 27.2 Å². The first-order valence-electron chi connectivity index (χ1n) is 4.49. The van der Waals surface area contributed by atoms with Gasteiger partial charge in [-0.15, -0.1) is 0 Å². The first kappa shape index (κ1) is 9.01. The highest BCUT2D eigenvalue weighted by Crippen LogP contribution is 2.32. The van der Waals surface area contributed by atoms with Crippen molar-refractivity contribution in [3.63, 3.8) is 0 Å².